The molecule has 0 atom stereocenters. The Labute approximate surface area is 76.7 Å². The number of hydrogen-bond acceptors (Lipinski definition) is 3. The van der Waals surface area contributed by atoms with E-state index in [1.165, 1.54) is 12.3 Å². The first-order chi connectivity index (χ1) is 6.14. The third kappa shape index (κ3) is 4.72. The summed E-state index contributed by atoms with van der Waals surface area (Å²) in [7, 11) is -5.84. The van der Waals surface area contributed by atoms with E-state index >= 15 is 0 Å². The highest BCUT2D eigenvalue weighted by Gasteiger charge is 2.44. The van der Waals surface area contributed by atoms with Crippen molar-refractivity contribution < 1.29 is 30.9 Å². The molecule has 5 nitrogen and oxygen atoms in total. The fourth-order valence-corrected chi connectivity index (χ4v) is 0.285. The lowest BCUT2D eigenvalue weighted by Gasteiger charge is -1.97. The van der Waals surface area contributed by atoms with Crippen molar-refractivity contribution in [3.8, 4) is 0 Å². The number of amides is 1. The summed E-state index contributed by atoms with van der Waals surface area (Å²) in [6.45, 7) is 0. The van der Waals surface area contributed by atoms with Gasteiger partial charge in [-0.05, 0) is 6.08 Å². The van der Waals surface area contributed by atoms with E-state index in [0.29, 0.717) is 0 Å². The lowest BCUT2D eigenvalue weighted by atomic mass is 10.6. The summed E-state index contributed by atoms with van der Waals surface area (Å²) < 4.78 is 57.5. The van der Waals surface area contributed by atoms with E-state index in [1.54, 1.807) is 6.08 Å². The second kappa shape index (κ2) is 4.33. The highest BCUT2D eigenvalue weighted by atomic mass is 32.2. The molecule has 1 heterocycles. The van der Waals surface area contributed by atoms with Crippen molar-refractivity contribution in [3.63, 3.8) is 0 Å². The van der Waals surface area contributed by atoms with Gasteiger partial charge >= 0.3 is 15.6 Å². The maximum Gasteiger partial charge on any atom is 0.522 e. The molecule has 0 aromatic rings. The van der Waals surface area contributed by atoms with Crippen molar-refractivity contribution in [2.24, 2.45) is 4.99 Å². The van der Waals surface area contributed by atoms with E-state index in [9.17, 15) is 18.0 Å². The lowest BCUT2D eigenvalue weighted by molar-refractivity contribution is -0.113. The van der Waals surface area contributed by atoms with E-state index in [0.717, 1.165) is 0 Å². The fourth-order valence-electron chi connectivity index (χ4n) is 0.285. The van der Waals surface area contributed by atoms with E-state index in [-0.39, 0.29) is 5.91 Å². The van der Waals surface area contributed by atoms with Gasteiger partial charge in [-0.15, -0.1) is 0 Å². The average Bonchev–Trinajstić information content (AvgIpc) is 2.35. The van der Waals surface area contributed by atoms with Crippen LogP contribution in [0, 0.1) is 0 Å². The molecule has 0 fully saturated rings. The SMILES string of the molecule is O=C1C=CC=N1.O=S(=O)(O)C(F)(F)F. The van der Waals surface area contributed by atoms with Gasteiger partial charge in [-0.3, -0.25) is 9.35 Å². The maximum atomic E-state index is 10.7. The van der Waals surface area contributed by atoms with Crippen molar-refractivity contribution >= 4 is 22.2 Å². The third-order valence-corrected chi connectivity index (χ3v) is 1.40. The number of hydrogen-bond donors (Lipinski definition) is 1. The quantitative estimate of drug-likeness (QED) is 0.487. The van der Waals surface area contributed by atoms with Crippen molar-refractivity contribution in [3.05, 3.63) is 12.2 Å². The second-order valence-corrected chi connectivity index (χ2v) is 3.31. The van der Waals surface area contributed by atoms with Gasteiger partial charge in [0.15, 0.2) is 0 Å². The van der Waals surface area contributed by atoms with E-state index < -0.39 is 15.6 Å². The number of carbonyl (C=O) groups is 1. The normalized spacial score (nSPS) is 15.3. The molecule has 1 N–H and O–H groups in total. The number of halogens is 3. The van der Waals surface area contributed by atoms with Crippen LogP contribution in [0.25, 0.3) is 0 Å². The maximum absolute atomic E-state index is 10.7. The largest absolute Gasteiger partial charge is 0.522 e. The molecule has 0 aromatic carbocycles. The summed E-state index contributed by atoms with van der Waals surface area (Å²) in [6.07, 6.45) is 4.50. The Bertz CT molecular complexity index is 353. The molecule has 0 bridgehead atoms. The van der Waals surface area contributed by atoms with Crippen LogP contribution in [0.2, 0.25) is 0 Å². The molecule has 0 saturated carbocycles. The molecule has 1 rings (SSSR count). The van der Waals surface area contributed by atoms with Gasteiger partial charge in [0.25, 0.3) is 5.91 Å². The van der Waals surface area contributed by atoms with Crippen LogP contribution in [-0.4, -0.2) is 30.6 Å². The predicted molar refractivity (Wildman–Crippen MR) is 40.2 cm³/mol. The van der Waals surface area contributed by atoms with Gasteiger partial charge in [0, 0.05) is 12.3 Å². The minimum Gasteiger partial charge on any atom is -0.279 e. The minimum atomic E-state index is -5.84. The van der Waals surface area contributed by atoms with Gasteiger partial charge in [0.2, 0.25) is 0 Å². The Morgan fingerprint density at radius 3 is 1.86 bits per heavy atom. The molecule has 0 spiro atoms. The molecule has 0 radical (unpaired) electrons. The van der Waals surface area contributed by atoms with Gasteiger partial charge in [0.1, 0.15) is 0 Å². The Hall–Kier alpha value is -1.22. The highest BCUT2D eigenvalue weighted by molar-refractivity contribution is 7.86. The smallest absolute Gasteiger partial charge is 0.279 e. The zero-order chi connectivity index (χ0) is 11.4. The molecule has 0 aromatic heterocycles. The zero-order valence-electron chi connectivity index (χ0n) is 6.39. The third-order valence-electron chi connectivity index (χ3n) is 0.819. The van der Waals surface area contributed by atoms with Crippen LogP contribution < -0.4 is 0 Å². The second-order valence-electron chi connectivity index (χ2n) is 1.90. The summed E-state index contributed by atoms with van der Waals surface area (Å²) >= 11 is 0. The van der Waals surface area contributed by atoms with E-state index in [2.05, 4.69) is 4.99 Å². The average molecular weight is 231 g/mol. The molecule has 1 aliphatic rings. The Kier molecular flexibility index (Phi) is 3.95. The molecule has 14 heavy (non-hydrogen) atoms. The van der Waals surface area contributed by atoms with Gasteiger partial charge in [0.05, 0.1) is 0 Å². The van der Waals surface area contributed by atoms with Crippen LogP contribution in [0.5, 0.6) is 0 Å². The van der Waals surface area contributed by atoms with Crippen molar-refractivity contribution in [2.75, 3.05) is 0 Å². The Morgan fingerprint density at radius 1 is 1.36 bits per heavy atom. The molecule has 0 unspecified atom stereocenters. The molecular formula is C5H4F3NO4S. The first-order valence-corrected chi connectivity index (χ1v) is 4.37. The predicted octanol–water partition coefficient (Wildman–Crippen LogP) is 0.548. The molecule has 0 aliphatic carbocycles. The number of alkyl halides is 3. The van der Waals surface area contributed by atoms with Gasteiger partial charge in [-0.1, -0.05) is 0 Å². The van der Waals surface area contributed by atoms with Gasteiger partial charge < -0.3 is 0 Å². The molecular weight excluding hydrogens is 227 g/mol. The topological polar surface area (TPSA) is 83.8 Å². The first kappa shape index (κ1) is 12.8. The Balaban J connectivity index is 0.000000249. The van der Waals surface area contributed by atoms with Gasteiger partial charge in [-0.2, -0.15) is 21.6 Å². The summed E-state index contributed by atoms with van der Waals surface area (Å²) in [5, 5.41) is 0. The number of aliphatic imine (C=N–C) groups is 1. The molecule has 1 amide bonds. The summed E-state index contributed by atoms with van der Waals surface area (Å²) in [5.74, 6) is -0.157. The van der Waals surface area contributed by atoms with Crippen LogP contribution >= 0.6 is 0 Å². The van der Waals surface area contributed by atoms with Crippen LogP contribution in [0.3, 0.4) is 0 Å². The van der Waals surface area contributed by atoms with E-state index in [4.69, 9.17) is 13.0 Å². The summed E-state index contributed by atoms with van der Waals surface area (Å²) in [4.78, 5) is 13.3. The van der Waals surface area contributed by atoms with Gasteiger partial charge in [-0.25, -0.2) is 4.99 Å². The van der Waals surface area contributed by atoms with Crippen LogP contribution in [0.4, 0.5) is 13.2 Å². The van der Waals surface area contributed by atoms with E-state index in [1.807, 2.05) is 0 Å². The summed E-state index contributed by atoms with van der Waals surface area (Å²) in [6, 6.07) is 0. The lowest BCUT2D eigenvalue weighted by Crippen LogP contribution is -2.21. The molecule has 9 heteroatoms. The number of rotatable bonds is 0. The Morgan fingerprint density at radius 2 is 1.79 bits per heavy atom. The highest BCUT2D eigenvalue weighted by Crippen LogP contribution is 2.20. The standard InChI is InChI=1S/C4H3NO.CHF3O3S/c6-4-2-1-3-5-4;2-1(3,4)8(5,6)7/h1-3H;(H,5,6,7). The monoisotopic (exact) mass is 231 g/mol. The van der Waals surface area contributed by atoms with Crippen molar-refractivity contribution in [1.29, 1.82) is 0 Å². The molecule has 1 aliphatic heterocycles. The number of nitrogens with zero attached hydrogens (tertiary/aromatic N) is 1. The van der Waals surface area contributed by atoms with Crippen LogP contribution in [-0.2, 0) is 14.9 Å². The first-order valence-electron chi connectivity index (χ1n) is 2.93. The number of allylic oxidation sites excluding steroid dienone is 1. The zero-order valence-corrected chi connectivity index (χ0v) is 7.21. The van der Waals surface area contributed by atoms with Crippen LogP contribution in [0.15, 0.2) is 17.1 Å². The fraction of sp³-hybridized carbons (Fsp3) is 0.200. The molecule has 80 valence electrons. The minimum absolute atomic E-state index is 0.157. The molecule has 0 saturated heterocycles. The van der Waals surface area contributed by atoms with Crippen molar-refractivity contribution in [1.82, 2.24) is 0 Å². The summed E-state index contributed by atoms with van der Waals surface area (Å²) in [5.41, 5.74) is -5.53. The van der Waals surface area contributed by atoms with Crippen LogP contribution in [0.1, 0.15) is 0 Å². The van der Waals surface area contributed by atoms with Crippen molar-refractivity contribution in [2.45, 2.75) is 5.51 Å². The number of carbonyl (C=O) groups excluding carboxylic acids is 1.